The lowest BCUT2D eigenvalue weighted by Gasteiger charge is -2.03. The van der Waals surface area contributed by atoms with Gasteiger partial charge in [-0.15, -0.1) is 0 Å². The van der Waals surface area contributed by atoms with Crippen LogP contribution in [0.1, 0.15) is 11.4 Å². The lowest BCUT2D eigenvalue weighted by atomic mass is 10.0. The number of fused-ring (bicyclic) bond motifs is 1. The lowest BCUT2D eigenvalue weighted by molar-refractivity contribution is 0.771. The first-order valence-electron chi connectivity index (χ1n) is 9.83. The fourth-order valence-electron chi connectivity index (χ4n) is 3.68. The maximum Gasteiger partial charge on any atom is 0.133 e. The molecular formula is C25H21N5. The molecule has 0 spiro atoms. The largest absolute Gasteiger partial charge is 0.328 e. The molecule has 0 unspecified atom stereocenters. The zero-order valence-corrected chi connectivity index (χ0v) is 16.9. The molecule has 146 valence electrons. The Bertz CT molecular complexity index is 1340. The molecule has 0 aliphatic heterocycles. The Hall–Kier alpha value is -3.99. The summed E-state index contributed by atoms with van der Waals surface area (Å²) in [4.78, 5) is 8.81. The van der Waals surface area contributed by atoms with Gasteiger partial charge in [-0.3, -0.25) is 9.67 Å². The van der Waals surface area contributed by atoms with E-state index in [1.807, 2.05) is 55.3 Å². The minimum absolute atomic E-state index is 0.935. The van der Waals surface area contributed by atoms with E-state index in [1.165, 1.54) is 0 Å². The highest BCUT2D eigenvalue weighted by Gasteiger charge is 2.12. The van der Waals surface area contributed by atoms with Crippen molar-refractivity contribution in [2.45, 2.75) is 0 Å². The third kappa shape index (κ3) is 3.31. The van der Waals surface area contributed by atoms with E-state index in [4.69, 9.17) is 4.98 Å². The minimum atomic E-state index is 0.935. The summed E-state index contributed by atoms with van der Waals surface area (Å²) in [5, 5.41) is 4.68. The molecular weight excluding hydrogens is 370 g/mol. The molecule has 0 atom stereocenters. The number of pyridine rings is 1. The van der Waals surface area contributed by atoms with Crippen LogP contribution in [0.2, 0.25) is 0 Å². The summed E-state index contributed by atoms with van der Waals surface area (Å²) in [6.07, 6.45) is 9.80. The summed E-state index contributed by atoms with van der Waals surface area (Å²) in [6, 6.07) is 20.6. The highest BCUT2D eigenvalue weighted by Crippen LogP contribution is 2.30. The van der Waals surface area contributed by atoms with Gasteiger partial charge in [0.2, 0.25) is 0 Å². The highest BCUT2D eigenvalue weighted by atomic mass is 15.3. The molecule has 0 saturated carbocycles. The van der Waals surface area contributed by atoms with E-state index in [0.717, 1.165) is 44.8 Å². The molecule has 30 heavy (non-hydrogen) atoms. The van der Waals surface area contributed by atoms with Crippen molar-refractivity contribution in [1.29, 1.82) is 0 Å². The van der Waals surface area contributed by atoms with Crippen LogP contribution >= 0.6 is 0 Å². The number of nitrogens with zero attached hydrogens (tertiary/aromatic N) is 5. The van der Waals surface area contributed by atoms with Gasteiger partial charge in [-0.1, -0.05) is 42.5 Å². The monoisotopic (exact) mass is 391 g/mol. The van der Waals surface area contributed by atoms with Crippen LogP contribution < -0.4 is 0 Å². The number of imidazole rings is 1. The van der Waals surface area contributed by atoms with Crippen molar-refractivity contribution >= 4 is 23.2 Å². The summed E-state index contributed by atoms with van der Waals surface area (Å²) < 4.78 is 3.96. The maximum absolute atomic E-state index is 4.70. The van der Waals surface area contributed by atoms with E-state index in [0.29, 0.717) is 0 Å². The number of aromatic nitrogens is 5. The van der Waals surface area contributed by atoms with E-state index in [-0.39, 0.29) is 0 Å². The van der Waals surface area contributed by atoms with Crippen LogP contribution in [0, 0.1) is 0 Å². The van der Waals surface area contributed by atoms with Crippen LogP contribution in [0.4, 0.5) is 0 Å². The third-order valence-electron chi connectivity index (χ3n) is 5.25. The standard InChI is InChI=1S/C25H21N5/c1-29-17-21(19-13-15-26-16-14-19)25(28-29)20-10-7-18(8-11-20)9-12-24-27-22-5-3-4-6-23(22)30(24)2/h3-17H,1-2H3/b12-9+. The van der Waals surface area contributed by atoms with Crippen molar-refractivity contribution in [3.63, 3.8) is 0 Å². The van der Waals surface area contributed by atoms with Gasteiger partial charge in [0.15, 0.2) is 0 Å². The quantitative estimate of drug-likeness (QED) is 0.423. The second-order valence-corrected chi connectivity index (χ2v) is 7.27. The van der Waals surface area contributed by atoms with Gasteiger partial charge in [-0.2, -0.15) is 5.10 Å². The van der Waals surface area contributed by atoms with Crippen LogP contribution in [0.5, 0.6) is 0 Å². The van der Waals surface area contributed by atoms with E-state index >= 15 is 0 Å². The second-order valence-electron chi connectivity index (χ2n) is 7.27. The molecule has 0 saturated heterocycles. The molecule has 3 aromatic heterocycles. The molecule has 0 N–H and O–H groups in total. The third-order valence-corrected chi connectivity index (χ3v) is 5.25. The summed E-state index contributed by atoms with van der Waals surface area (Å²) in [6.45, 7) is 0. The Balaban J connectivity index is 1.44. The summed E-state index contributed by atoms with van der Waals surface area (Å²) in [7, 11) is 3.99. The molecule has 0 amide bonds. The number of benzene rings is 2. The zero-order chi connectivity index (χ0) is 20.5. The minimum Gasteiger partial charge on any atom is -0.328 e. The fraction of sp³-hybridized carbons (Fsp3) is 0.0800. The molecule has 5 heteroatoms. The van der Waals surface area contributed by atoms with Crippen LogP contribution in [0.3, 0.4) is 0 Å². The molecule has 5 aromatic rings. The summed E-state index contributed by atoms with van der Waals surface area (Å²) >= 11 is 0. The smallest absolute Gasteiger partial charge is 0.133 e. The number of rotatable bonds is 4. The Kier molecular flexibility index (Phi) is 4.48. The molecule has 3 heterocycles. The van der Waals surface area contributed by atoms with Gasteiger partial charge in [0.05, 0.1) is 11.0 Å². The summed E-state index contributed by atoms with van der Waals surface area (Å²) in [5.41, 5.74) is 7.52. The predicted molar refractivity (Wildman–Crippen MR) is 122 cm³/mol. The molecule has 0 aliphatic carbocycles. The zero-order valence-electron chi connectivity index (χ0n) is 16.9. The van der Waals surface area contributed by atoms with Crippen molar-refractivity contribution in [2.24, 2.45) is 14.1 Å². The number of hydrogen-bond donors (Lipinski definition) is 0. The summed E-state index contributed by atoms with van der Waals surface area (Å²) in [5.74, 6) is 0.935. The van der Waals surface area contributed by atoms with Gasteiger partial charge >= 0.3 is 0 Å². The van der Waals surface area contributed by atoms with E-state index in [1.54, 1.807) is 12.4 Å². The average molecular weight is 391 g/mol. The molecule has 2 aromatic carbocycles. The SMILES string of the molecule is Cn1cc(-c2ccncc2)c(-c2ccc(/C=C/c3nc4ccccc4n3C)cc2)n1. The molecule has 0 bridgehead atoms. The van der Waals surface area contributed by atoms with E-state index in [9.17, 15) is 0 Å². The van der Waals surface area contributed by atoms with Crippen LogP contribution in [-0.2, 0) is 14.1 Å². The van der Waals surface area contributed by atoms with E-state index in [2.05, 4.69) is 57.1 Å². The topological polar surface area (TPSA) is 48.5 Å². The molecule has 5 nitrogen and oxygen atoms in total. The van der Waals surface area contributed by atoms with Crippen molar-refractivity contribution in [2.75, 3.05) is 0 Å². The molecule has 0 aliphatic rings. The van der Waals surface area contributed by atoms with Crippen LogP contribution in [0.25, 0.3) is 45.6 Å². The Morgan fingerprint density at radius 3 is 2.33 bits per heavy atom. The molecule has 5 rings (SSSR count). The van der Waals surface area contributed by atoms with Crippen molar-refractivity contribution in [3.05, 3.63) is 90.6 Å². The van der Waals surface area contributed by atoms with Crippen molar-refractivity contribution in [1.82, 2.24) is 24.3 Å². The Morgan fingerprint density at radius 2 is 1.57 bits per heavy atom. The highest BCUT2D eigenvalue weighted by molar-refractivity contribution is 5.82. The van der Waals surface area contributed by atoms with Gasteiger partial charge in [0.25, 0.3) is 0 Å². The van der Waals surface area contributed by atoms with Crippen molar-refractivity contribution < 1.29 is 0 Å². The van der Waals surface area contributed by atoms with Gasteiger partial charge in [-0.25, -0.2) is 4.98 Å². The van der Waals surface area contributed by atoms with Crippen LogP contribution in [-0.4, -0.2) is 24.3 Å². The molecule has 0 fully saturated rings. The predicted octanol–water partition coefficient (Wildman–Crippen LogP) is 5.21. The number of hydrogen-bond acceptors (Lipinski definition) is 3. The van der Waals surface area contributed by atoms with E-state index < -0.39 is 0 Å². The lowest BCUT2D eigenvalue weighted by Crippen LogP contribution is -1.90. The number of para-hydroxylation sites is 2. The Labute approximate surface area is 175 Å². The first-order valence-corrected chi connectivity index (χ1v) is 9.83. The van der Waals surface area contributed by atoms with Gasteiger partial charge in [0, 0.05) is 43.8 Å². The van der Waals surface area contributed by atoms with Gasteiger partial charge in [0.1, 0.15) is 11.5 Å². The molecule has 0 radical (unpaired) electrons. The first-order chi connectivity index (χ1) is 14.7. The van der Waals surface area contributed by atoms with Crippen LogP contribution in [0.15, 0.2) is 79.3 Å². The van der Waals surface area contributed by atoms with Crippen molar-refractivity contribution in [3.8, 4) is 22.4 Å². The maximum atomic E-state index is 4.70. The number of aryl methyl sites for hydroxylation is 2. The normalized spacial score (nSPS) is 11.5. The van der Waals surface area contributed by atoms with Gasteiger partial charge < -0.3 is 4.57 Å². The fourth-order valence-corrected chi connectivity index (χ4v) is 3.68. The average Bonchev–Trinajstić information content (AvgIpc) is 3.33. The first kappa shape index (κ1) is 18.1. The Morgan fingerprint density at radius 1 is 0.800 bits per heavy atom. The second kappa shape index (κ2) is 7.44. The van der Waals surface area contributed by atoms with Gasteiger partial charge in [-0.05, 0) is 41.5 Å².